The van der Waals surface area contributed by atoms with Crippen molar-refractivity contribution < 1.29 is 13.9 Å². The zero-order valence-electron chi connectivity index (χ0n) is 15.6. The maximum absolute atomic E-state index is 13.3. The fraction of sp³-hybridized carbons (Fsp3) is 0.273. The molecule has 1 aliphatic heterocycles. The van der Waals surface area contributed by atoms with E-state index in [2.05, 4.69) is 15.5 Å². The number of halogens is 1. The van der Waals surface area contributed by atoms with E-state index >= 15 is 0 Å². The van der Waals surface area contributed by atoms with Crippen molar-refractivity contribution in [1.82, 2.24) is 15.5 Å². The molecule has 1 aromatic heterocycles. The van der Waals surface area contributed by atoms with Gasteiger partial charge in [-0.2, -0.15) is 5.10 Å². The molecule has 0 aliphatic carbocycles. The van der Waals surface area contributed by atoms with Gasteiger partial charge in [-0.1, -0.05) is 30.3 Å². The number of carbonyl (C=O) groups excluding carboxylic acids is 1. The van der Waals surface area contributed by atoms with Crippen molar-refractivity contribution in [1.29, 1.82) is 0 Å². The van der Waals surface area contributed by atoms with E-state index in [4.69, 9.17) is 4.74 Å². The van der Waals surface area contributed by atoms with Gasteiger partial charge in [-0.15, -0.1) is 0 Å². The summed E-state index contributed by atoms with van der Waals surface area (Å²) in [7, 11) is 0. The summed E-state index contributed by atoms with van der Waals surface area (Å²) in [4.78, 5) is 11.7. The molecule has 3 aromatic rings. The van der Waals surface area contributed by atoms with Crippen molar-refractivity contribution in [3.8, 4) is 11.3 Å². The second-order valence-electron chi connectivity index (χ2n) is 7.10. The van der Waals surface area contributed by atoms with Crippen LogP contribution in [0.1, 0.15) is 43.1 Å². The number of ether oxygens (including phenoxy) is 1. The van der Waals surface area contributed by atoms with E-state index < -0.39 is 0 Å². The Morgan fingerprint density at radius 1 is 1.11 bits per heavy atom. The lowest BCUT2D eigenvalue weighted by atomic mass is 9.90. The molecule has 2 N–H and O–H groups in total. The van der Waals surface area contributed by atoms with Crippen LogP contribution in [-0.2, 0) is 9.53 Å². The first kappa shape index (κ1) is 18.4. The van der Waals surface area contributed by atoms with Gasteiger partial charge >= 0.3 is 0 Å². The summed E-state index contributed by atoms with van der Waals surface area (Å²) in [6.07, 6.45) is 2.74. The van der Waals surface area contributed by atoms with Crippen LogP contribution in [0.15, 0.2) is 60.8 Å². The molecule has 2 heterocycles. The minimum atomic E-state index is -0.284. The molecule has 1 fully saturated rings. The Hall–Kier alpha value is -2.99. The maximum Gasteiger partial charge on any atom is 0.217 e. The molecular formula is C22H22FN3O2. The number of carbonyl (C=O) groups is 1. The zero-order chi connectivity index (χ0) is 19.5. The van der Waals surface area contributed by atoms with E-state index in [1.807, 2.05) is 30.3 Å². The van der Waals surface area contributed by atoms with Gasteiger partial charge in [0, 0.05) is 24.1 Å². The number of hydrogen-bond acceptors (Lipinski definition) is 3. The van der Waals surface area contributed by atoms with Crippen LogP contribution in [0, 0.1) is 5.82 Å². The van der Waals surface area contributed by atoms with E-state index in [9.17, 15) is 9.18 Å². The first-order valence-electron chi connectivity index (χ1n) is 9.37. The fourth-order valence-corrected chi connectivity index (χ4v) is 3.80. The molecule has 0 spiro atoms. The molecule has 3 atom stereocenters. The van der Waals surface area contributed by atoms with Crippen molar-refractivity contribution in [2.75, 3.05) is 0 Å². The number of H-pyrrole nitrogens is 1. The molecule has 0 radical (unpaired) electrons. The third-order valence-corrected chi connectivity index (χ3v) is 5.05. The van der Waals surface area contributed by atoms with Crippen LogP contribution in [-0.4, -0.2) is 22.1 Å². The van der Waals surface area contributed by atoms with Crippen LogP contribution >= 0.6 is 0 Å². The lowest BCUT2D eigenvalue weighted by Gasteiger charge is -2.36. The molecular weight excluding hydrogens is 357 g/mol. The van der Waals surface area contributed by atoms with Crippen LogP contribution in [0.5, 0.6) is 0 Å². The highest BCUT2D eigenvalue weighted by Crippen LogP contribution is 2.41. The highest BCUT2D eigenvalue weighted by Gasteiger charge is 2.33. The second-order valence-corrected chi connectivity index (χ2v) is 7.10. The molecule has 5 nitrogen and oxygen atoms in total. The van der Waals surface area contributed by atoms with Crippen LogP contribution < -0.4 is 5.32 Å². The summed E-state index contributed by atoms with van der Waals surface area (Å²) in [5.74, 6) is -0.336. The summed E-state index contributed by atoms with van der Waals surface area (Å²) in [6, 6.07) is 16.3. The molecule has 2 aromatic carbocycles. The summed E-state index contributed by atoms with van der Waals surface area (Å²) in [5, 5.41) is 10.2. The molecule has 0 bridgehead atoms. The predicted molar refractivity (Wildman–Crippen MR) is 104 cm³/mol. The van der Waals surface area contributed by atoms with Crippen LogP contribution in [0.4, 0.5) is 4.39 Å². The van der Waals surface area contributed by atoms with Crippen LogP contribution in [0.2, 0.25) is 0 Å². The molecule has 4 rings (SSSR count). The van der Waals surface area contributed by atoms with Crippen molar-refractivity contribution >= 4 is 5.91 Å². The van der Waals surface area contributed by atoms with E-state index in [1.54, 1.807) is 18.3 Å². The number of nitrogens with zero attached hydrogens (tertiary/aromatic N) is 1. The van der Waals surface area contributed by atoms with Crippen molar-refractivity contribution in [2.45, 2.75) is 38.0 Å². The highest BCUT2D eigenvalue weighted by molar-refractivity contribution is 5.73. The average molecular weight is 379 g/mol. The summed E-state index contributed by atoms with van der Waals surface area (Å²) < 4.78 is 19.7. The van der Waals surface area contributed by atoms with Crippen molar-refractivity contribution in [3.63, 3.8) is 0 Å². The minimum absolute atomic E-state index is 0.00239. The minimum Gasteiger partial charge on any atom is -0.365 e. The van der Waals surface area contributed by atoms with Crippen LogP contribution in [0.3, 0.4) is 0 Å². The zero-order valence-corrected chi connectivity index (χ0v) is 15.6. The molecule has 0 saturated carbocycles. The highest BCUT2D eigenvalue weighted by atomic mass is 19.1. The van der Waals surface area contributed by atoms with E-state index in [-0.39, 0.29) is 30.0 Å². The number of hydrogen-bond donors (Lipinski definition) is 2. The first-order chi connectivity index (χ1) is 13.6. The Morgan fingerprint density at radius 3 is 2.54 bits per heavy atom. The fourth-order valence-electron chi connectivity index (χ4n) is 3.80. The summed E-state index contributed by atoms with van der Waals surface area (Å²) >= 11 is 0. The lowest BCUT2D eigenvalue weighted by molar-refractivity contribution is -0.122. The first-order valence-corrected chi connectivity index (χ1v) is 9.37. The maximum atomic E-state index is 13.3. The topological polar surface area (TPSA) is 67.0 Å². The standard InChI is InChI=1S/C22H22FN3O2/c1-14(27)25-18-11-20(15-5-3-2-4-6-15)28-21(12-18)19-13-24-26-22(19)16-7-9-17(23)10-8-16/h2-10,13,18,20-21H,11-12H2,1H3,(H,24,26)(H,25,27)/t18-,20-,21+/m1/s1. The van der Waals surface area contributed by atoms with E-state index in [0.717, 1.165) is 22.4 Å². The largest absolute Gasteiger partial charge is 0.365 e. The monoisotopic (exact) mass is 379 g/mol. The number of amides is 1. The molecule has 0 unspecified atom stereocenters. The summed E-state index contributed by atoms with van der Waals surface area (Å²) in [6.45, 7) is 1.53. The molecule has 1 amide bonds. The van der Waals surface area contributed by atoms with Gasteiger partial charge in [0.25, 0.3) is 0 Å². The second kappa shape index (κ2) is 7.94. The normalized spacial score (nSPS) is 22.0. The number of nitrogens with one attached hydrogen (secondary N) is 2. The lowest BCUT2D eigenvalue weighted by Crippen LogP contribution is -2.39. The Balaban J connectivity index is 1.65. The summed E-state index contributed by atoms with van der Waals surface area (Å²) in [5.41, 5.74) is 3.63. The quantitative estimate of drug-likeness (QED) is 0.710. The molecule has 1 aliphatic rings. The Labute approximate surface area is 162 Å². The molecule has 1 saturated heterocycles. The Kier molecular flexibility index (Phi) is 5.21. The van der Waals surface area contributed by atoms with Gasteiger partial charge in [0.05, 0.1) is 24.1 Å². The van der Waals surface area contributed by atoms with Gasteiger partial charge in [-0.3, -0.25) is 9.89 Å². The number of benzene rings is 2. The Bertz CT molecular complexity index is 940. The van der Waals surface area contributed by atoms with Crippen LogP contribution in [0.25, 0.3) is 11.3 Å². The smallest absolute Gasteiger partial charge is 0.217 e. The van der Waals surface area contributed by atoms with E-state index in [0.29, 0.717) is 12.8 Å². The molecule has 144 valence electrons. The SMILES string of the molecule is CC(=O)N[C@H]1C[C@@H](c2cn[nH]c2-c2ccc(F)cc2)O[C@@H](c2ccccc2)C1. The molecule has 6 heteroatoms. The average Bonchev–Trinajstić information content (AvgIpc) is 3.18. The van der Waals surface area contributed by atoms with Gasteiger partial charge in [0.1, 0.15) is 5.82 Å². The van der Waals surface area contributed by atoms with Gasteiger partial charge in [-0.05, 0) is 42.7 Å². The third-order valence-electron chi connectivity index (χ3n) is 5.05. The number of aromatic amines is 1. The van der Waals surface area contributed by atoms with E-state index in [1.165, 1.54) is 19.1 Å². The van der Waals surface area contributed by atoms with Crippen molar-refractivity contribution in [2.24, 2.45) is 0 Å². The van der Waals surface area contributed by atoms with Gasteiger partial charge in [0.2, 0.25) is 5.91 Å². The predicted octanol–water partition coefficient (Wildman–Crippen LogP) is 4.31. The third kappa shape index (κ3) is 3.97. The molecule has 28 heavy (non-hydrogen) atoms. The van der Waals surface area contributed by atoms with Gasteiger partial charge in [0.15, 0.2) is 0 Å². The van der Waals surface area contributed by atoms with Crippen molar-refractivity contribution in [3.05, 3.63) is 77.7 Å². The number of aromatic nitrogens is 2. The van der Waals surface area contributed by atoms with Gasteiger partial charge < -0.3 is 10.1 Å². The van der Waals surface area contributed by atoms with Gasteiger partial charge in [-0.25, -0.2) is 4.39 Å². The number of rotatable bonds is 4. The Morgan fingerprint density at radius 2 is 1.82 bits per heavy atom.